The van der Waals surface area contributed by atoms with Crippen molar-refractivity contribution in [3.8, 4) is 0 Å². The molecule has 0 unspecified atom stereocenters. The van der Waals surface area contributed by atoms with Gasteiger partial charge in [-0.15, -0.1) is 0 Å². The van der Waals surface area contributed by atoms with Crippen molar-refractivity contribution >= 4 is 17.7 Å². The van der Waals surface area contributed by atoms with Crippen molar-refractivity contribution < 1.29 is 23.9 Å². The Morgan fingerprint density at radius 2 is 2.08 bits per heavy atom. The number of hydrogen-bond acceptors (Lipinski definition) is 5. The van der Waals surface area contributed by atoms with Crippen molar-refractivity contribution in [3.63, 3.8) is 0 Å². The first-order valence-corrected chi connectivity index (χ1v) is 8.32. The quantitative estimate of drug-likeness (QED) is 0.507. The molecule has 24 heavy (non-hydrogen) atoms. The lowest BCUT2D eigenvalue weighted by Crippen LogP contribution is -2.79. The second-order valence-electron chi connectivity index (χ2n) is 6.53. The summed E-state index contributed by atoms with van der Waals surface area (Å²) in [4.78, 5) is 38.1. The van der Waals surface area contributed by atoms with Crippen LogP contribution in [0.1, 0.15) is 25.3 Å². The van der Waals surface area contributed by atoms with E-state index in [1.165, 1.54) is 0 Å². The van der Waals surface area contributed by atoms with Crippen LogP contribution in [0.5, 0.6) is 0 Å². The number of amides is 1. The normalized spacial score (nSPS) is 37.0. The first-order valence-electron chi connectivity index (χ1n) is 8.32. The largest absolute Gasteiger partial charge is 0.465 e. The molecule has 1 amide bonds. The number of benzene rings is 1. The smallest absolute Gasteiger partial charge is 0.323 e. The molecule has 2 aliphatic heterocycles. The van der Waals surface area contributed by atoms with E-state index in [4.69, 9.17) is 9.47 Å². The van der Waals surface area contributed by atoms with Crippen LogP contribution in [0.3, 0.4) is 0 Å². The van der Waals surface area contributed by atoms with Gasteiger partial charge in [-0.3, -0.25) is 14.4 Å². The van der Waals surface area contributed by atoms with Crippen LogP contribution in [0.15, 0.2) is 30.3 Å². The molecule has 3 fully saturated rings. The molecule has 1 aliphatic carbocycles. The Morgan fingerprint density at radius 1 is 1.33 bits per heavy atom. The Balaban J connectivity index is 1.94. The number of fused-ring (bicyclic) bond motifs is 4. The van der Waals surface area contributed by atoms with E-state index in [-0.39, 0.29) is 12.5 Å². The molecule has 0 bridgehead atoms. The molecule has 0 aromatic heterocycles. The molecule has 4 atom stereocenters. The van der Waals surface area contributed by atoms with Gasteiger partial charge in [-0.1, -0.05) is 30.3 Å². The standard InChI is InChI=1S/C18H19NO5/c1-2-23-16(22)17-12-9-6-10-24-14(12)18(17,19-15(21)13(17)20)11-7-4-3-5-8-11/h3-5,7-8,12,14H,2,6,9-10H2,1H3,(H,19,21)/t12-,14+,17-,18+/m0/s1. The fourth-order valence-electron chi connectivity index (χ4n) is 4.82. The summed E-state index contributed by atoms with van der Waals surface area (Å²) in [6, 6.07) is 9.14. The van der Waals surface area contributed by atoms with Crippen molar-refractivity contribution in [2.75, 3.05) is 13.2 Å². The number of carbonyl (C=O) groups is 3. The molecule has 4 rings (SSSR count). The minimum Gasteiger partial charge on any atom is -0.465 e. The molecule has 6 heteroatoms. The van der Waals surface area contributed by atoms with Gasteiger partial charge in [0.2, 0.25) is 5.78 Å². The molecule has 1 aromatic rings. The zero-order chi connectivity index (χ0) is 16.9. The Morgan fingerprint density at radius 3 is 2.79 bits per heavy atom. The van der Waals surface area contributed by atoms with Crippen molar-refractivity contribution in [1.82, 2.24) is 5.32 Å². The molecule has 126 valence electrons. The molecule has 2 saturated heterocycles. The summed E-state index contributed by atoms with van der Waals surface area (Å²) in [7, 11) is 0. The van der Waals surface area contributed by atoms with Gasteiger partial charge in [-0.2, -0.15) is 0 Å². The molecule has 1 N–H and O–H groups in total. The van der Waals surface area contributed by atoms with Gasteiger partial charge in [-0.05, 0) is 25.3 Å². The predicted octanol–water partition coefficient (Wildman–Crippen LogP) is 0.939. The highest BCUT2D eigenvalue weighted by Crippen LogP contribution is 2.67. The number of nitrogens with one attached hydrogen (secondary N) is 1. The van der Waals surface area contributed by atoms with Crippen molar-refractivity contribution in [1.29, 1.82) is 0 Å². The van der Waals surface area contributed by atoms with E-state index in [1.807, 2.05) is 30.3 Å². The van der Waals surface area contributed by atoms with Gasteiger partial charge in [0, 0.05) is 12.5 Å². The van der Waals surface area contributed by atoms with E-state index in [0.717, 1.165) is 6.42 Å². The number of ether oxygens (including phenoxy) is 2. The molecule has 1 saturated carbocycles. The first kappa shape index (κ1) is 15.3. The van der Waals surface area contributed by atoms with Gasteiger partial charge in [0.25, 0.3) is 5.91 Å². The van der Waals surface area contributed by atoms with Crippen LogP contribution in [0.4, 0.5) is 0 Å². The Hall–Kier alpha value is -2.21. The van der Waals surface area contributed by atoms with E-state index in [9.17, 15) is 14.4 Å². The Kier molecular flexibility index (Phi) is 3.28. The molecule has 0 radical (unpaired) electrons. The maximum atomic E-state index is 12.9. The van der Waals surface area contributed by atoms with Crippen LogP contribution in [0.2, 0.25) is 0 Å². The molecule has 0 spiro atoms. The van der Waals surface area contributed by atoms with E-state index in [2.05, 4.69) is 5.32 Å². The predicted molar refractivity (Wildman–Crippen MR) is 82.8 cm³/mol. The van der Waals surface area contributed by atoms with Gasteiger partial charge < -0.3 is 14.8 Å². The summed E-state index contributed by atoms with van der Waals surface area (Å²) < 4.78 is 11.2. The van der Waals surface area contributed by atoms with Crippen molar-refractivity contribution in [3.05, 3.63) is 35.9 Å². The lowest BCUT2D eigenvalue weighted by atomic mass is 9.43. The monoisotopic (exact) mass is 329 g/mol. The number of ketones is 1. The van der Waals surface area contributed by atoms with E-state index >= 15 is 0 Å². The molecule has 1 aromatic carbocycles. The van der Waals surface area contributed by atoms with Gasteiger partial charge in [-0.25, -0.2) is 0 Å². The SMILES string of the molecule is CCOC(=O)[C@]12C(=O)C(=O)N[C@]1(c1ccccc1)[C@@H]1OCCC[C@@H]12. The third-order valence-corrected chi connectivity index (χ3v) is 5.63. The summed E-state index contributed by atoms with van der Waals surface area (Å²) >= 11 is 0. The van der Waals surface area contributed by atoms with E-state index in [0.29, 0.717) is 18.6 Å². The number of hydrogen-bond donors (Lipinski definition) is 1. The second kappa shape index (κ2) is 5.14. The third kappa shape index (κ3) is 1.52. The van der Waals surface area contributed by atoms with Gasteiger partial charge in [0.1, 0.15) is 5.54 Å². The van der Waals surface area contributed by atoms with Crippen molar-refractivity contribution in [2.24, 2.45) is 11.3 Å². The maximum Gasteiger partial charge on any atom is 0.323 e. The maximum absolute atomic E-state index is 12.9. The second-order valence-corrected chi connectivity index (χ2v) is 6.53. The zero-order valence-corrected chi connectivity index (χ0v) is 13.4. The third-order valence-electron chi connectivity index (χ3n) is 5.63. The van der Waals surface area contributed by atoms with Crippen molar-refractivity contribution in [2.45, 2.75) is 31.4 Å². The average molecular weight is 329 g/mol. The molecular weight excluding hydrogens is 310 g/mol. The lowest BCUT2D eigenvalue weighted by Gasteiger charge is -2.63. The van der Waals surface area contributed by atoms with E-state index in [1.54, 1.807) is 6.92 Å². The first-order chi connectivity index (χ1) is 11.6. The highest BCUT2D eigenvalue weighted by Gasteiger charge is 2.86. The van der Waals surface area contributed by atoms with Gasteiger partial charge >= 0.3 is 5.97 Å². The Labute approximate surface area is 139 Å². The Bertz CT molecular complexity index is 717. The van der Waals surface area contributed by atoms with Crippen LogP contribution in [0.25, 0.3) is 0 Å². The van der Waals surface area contributed by atoms with Crippen LogP contribution >= 0.6 is 0 Å². The highest BCUT2D eigenvalue weighted by molar-refractivity contribution is 6.46. The zero-order valence-electron chi connectivity index (χ0n) is 13.4. The summed E-state index contributed by atoms with van der Waals surface area (Å²) in [5, 5.41) is 2.80. The summed E-state index contributed by atoms with van der Waals surface area (Å²) in [5.74, 6) is -2.39. The van der Waals surface area contributed by atoms with Crippen LogP contribution < -0.4 is 5.32 Å². The molecule has 6 nitrogen and oxygen atoms in total. The molecule has 2 heterocycles. The van der Waals surface area contributed by atoms with Crippen LogP contribution in [0, 0.1) is 11.3 Å². The summed E-state index contributed by atoms with van der Waals surface area (Å²) in [5.41, 5.74) is -1.98. The summed E-state index contributed by atoms with van der Waals surface area (Å²) in [6.07, 6.45) is 1.03. The van der Waals surface area contributed by atoms with Crippen LogP contribution in [-0.2, 0) is 29.4 Å². The summed E-state index contributed by atoms with van der Waals surface area (Å²) in [6.45, 7) is 2.41. The number of Topliss-reactive ketones (excluding diaryl/α,β-unsaturated/α-hetero) is 1. The number of carbonyl (C=O) groups excluding carboxylic acids is 3. The average Bonchev–Trinajstić information content (AvgIpc) is 2.80. The number of esters is 1. The number of rotatable bonds is 3. The molecular formula is C18H19NO5. The molecule has 3 aliphatic rings. The van der Waals surface area contributed by atoms with Gasteiger partial charge in [0.05, 0.1) is 12.7 Å². The highest BCUT2D eigenvalue weighted by atomic mass is 16.5. The van der Waals surface area contributed by atoms with Gasteiger partial charge in [0.15, 0.2) is 5.41 Å². The minimum absolute atomic E-state index is 0.158. The fraction of sp³-hybridized carbons (Fsp3) is 0.500. The van der Waals surface area contributed by atoms with Crippen LogP contribution in [-0.4, -0.2) is 37.0 Å². The topological polar surface area (TPSA) is 81.7 Å². The fourth-order valence-corrected chi connectivity index (χ4v) is 4.82. The van der Waals surface area contributed by atoms with E-state index < -0.39 is 34.7 Å². The minimum atomic E-state index is -1.52. The lowest BCUT2D eigenvalue weighted by molar-refractivity contribution is -0.241.